The minimum Gasteiger partial charge on any atom is -0.312 e. The highest BCUT2D eigenvalue weighted by molar-refractivity contribution is 8.13. The molecule has 19 heavy (non-hydrogen) atoms. The van der Waals surface area contributed by atoms with Crippen LogP contribution in [0.5, 0.6) is 0 Å². The summed E-state index contributed by atoms with van der Waals surface area (Å²) in [4.78, 5) is 13.7. The Bertz CT molecular complexity index is 598. The van der Waals surface area contributed by atoms with Crippen LogP contribution >= 0.6 is 10.7 Å². The maximum Gasteiger partial charge on any atom is 0.261 e. The molecule has 0 atom stereocenters. The van der Waals surface area contributed by atoms with E-state index in [-0.39, 0.29) is 17.2 Å². The number of amides is 1. The van der Waals surface area contributed by atoms with Crippen LogP contribution in [-0.4, -0.2) is 20.9 Å². The van der Waals surface area contributed by atoms with Crippen LogP contribution in [0.15, 0.2) is 23.1 Å². The zero-order valence-electron chi connectivity index (χ0n) is 10.7. The van der Waals surface area contributed by atoms with Gasteiger partial charge in [-0.25, -0.2) is 8.42 Å². The maximum absolute atomic E-state index is 11.9. The zero-order valence-corrected chi connectivity index (χ0v) is 12.3. The molecule has 0 saturated heterocycles. The van der Waals surface area contributed by atoms with Crippen molar-refractivity contribution in [1.82, 2.24) is 0 Å². The molecule has 1 aromatic rings. The van der Waals surface area contributed by atoms with Gasteiger partial charge in [0.1, 0.15) is 0 Å². The highest BCUT2D eigenvalue weighted by Crippen LogP contribution is 2.32. The standard InChI is InChI=1S/C13H16ClNO3S/c1-2-3-4-7-15-12-6-5-11(19(14,17)18)8-10(12)9-13(15)16/h5-6,8H,2-4,7,9H2,1H3. The molecule has 104 valence electrons. The van der Waals surface area contributed by atoms with Gasteiger partial charge in [-0.05, 0) is 30.2 Å². The third kappa shape index (κ3) is 3.09. The van der Waals surface area contributed by atoms with E-state index in [0.717, 1.165) is 30.5 Å². The number of hydrogen-bond acceptors (Lipinski definition) is 3. The van der Waals surface area contributed by atoms with Gasteiger partial charge in [0, 0.05) is 22.9 Å². The Labute approximate surface area is 117 Å². The van der Waals surface area contributed by atoms with Crippen LogP contribution in [0, 0.1) is 0 Å². The smallest absolute Gasteiger partial charge is 0.261 e. The first-order valence-electron chi connectivity index (χ1n) is 6.31. The van der Waals surface area contributed by atoms with E-state index in [1.807, 2.05) is 0 Å². The monoisotopic (exact) mass is 301 g/mol. The molecule has 1 heterocycles. The maximum atomic E-state index is 11.9. The van der Waals surface area contributed by atoms with Crippen molar-refractivity contribution in [3.63, 3.8) is 0 Å². The fourth-order valence-electron chi connectivity index (χ4n) is 2.28. The number of halogens is 1. The van der Waals surface area contributed by atoms with Crippen molar-refractivity contribution in [2.24, 2.45) is 0 Å². The molecule has 2 rings (SSSR count). The Morgan fingerprint density at radius 3 is 2.68 bits per heavy atom. The van der Waals surface area contributed by atoms with Crippen LogP contribution in [0.4, 0.5) is 5.69 Å². The fraction of sp³-hybridized carbons (Fsp3) is 0.462. The van der Waals surface area contributed by atoms with E-state index in [2.05, 4.69) is 6.92 Å². The average Bonchev–Trinajstić information content (AvgIpc) is 2.64. The van der Waals surface area contributed by atoms with E-state index in [0.29, 0.717) is 6.54 Å². The van der Waals surface area contributed by atoms with Crippen molar-refractivity contribution in [2.75, 3.05) is 11.4 Å². The molecule has 0 aromatic heterocycles. The molecular formula is C13H16ClNO3S. The number of fused-ring (bicyclic) bond motifs is 1. The Morgan fingerprint density at radius 1 is 1.32 bits per heavy atom. The zero-order chi connectivity index (χ0) is 14.0. The van der Waals surface area contributed by atoms with E-state index in [9.17, 15) is 13.2 Å². The first kappa shape index (κ1) is 14.3. The van der Waals surface area contributed by atoms with E-state index >= 15 is 0 Å². The highest BCUT2D eigenvalue weighted by Gasteiger charge is 2.28. The SMILES string of the molecule is CCCCCN1C(=O)Cc2cc(S(=O)(=O)Cl)ccc21. The molecule has 0 N–H and O–H groups in total. The van der Waals surface area contributed by atoms with Gasteiger partial charge in [-0.15, -0.1) is 0 Å². The molecule has 0 spiro atoms. The summed E-state index contributed by atoms with van der Waals surface area (Å²) in [5.41, 5.74) is 1.55. The number of unbranched alkanes of at least 4 members (excludes halogenated alkanes) is 2. The summed E-state index contributed by atoms with van der Waals surface area (Å²) < 4.78 is 22.5. The van der Waals surface area contributed by atoms with Gasteiger partial charge in [0.25, 0.3) is 9.05 Å². The second-order valence-corrected chi connectivity index (χ2v) is 7.22. The van der Waals surface area contributed by atoms with Gasteiger partial charge in [-0.2, -0.15) is 0 Å². The van der Waals surface area contributed by atoms with E-state index in [1.165, 1.54) is 12.1 Å². The number of rotatable bonds is 5. The van der Waals surface area contributed by atoms with Crippen LogP contribution in [0.25, 0.3) is 0 Å². The summed E-state index contributed by atoms with van der Waals surface area (Å²) in [6, 6.07) is 4.61. The third-order valence-electron chi connectivity index (χ3n) is 3.25. The minimum absolute atomic E-state index is 0.0234. The molecule has 6 heteroatoms. The van der Waals surface area contributed by atoms with Crippen LogP contribution in [-0.2, 0) is 20.3 Å². The Balaban J connectivity index is 2.25. The molecule has 0 bridgehead atoms. The van der Waals surface area contributed by atoms with Gasteiger partial charge in [0.15, 0.2) is 0 Å². The average molecular weight is 302 g/mol. The Hall–Kier alpha value is -1.07. The second-order valence-electron chi connectivity index (χ2n) is 4.66. The van der Waals surface area contributed by atoms with Crippen LogP contribution < -0.4 is 4.90 Å². The molecule has 1 aliphatic rings. The Morgan fingerprint density at radius 2 is 2.05 bits per heavy atom. The first-order chi connectivity index (χ1) is 8.93. The van der Waals surface area contributed by atoms with Crippen molar-refractivity contribution in [1.29, 1.82) is 0 Å². The topological polar surface area (TPSA) is 54.5 Å². The number of hydrogen-bond donors (Lipinski definition) is 0. The number of benzene rings is 1. The molecule has 4 nitrogen and oxygen atoms in total. The molecule has 1 aliphatic heterocycles. The van der Waals surface area contributed by atoms with Crippen molar-refractivity contribution in [3.8, 4) is 0 Å². The normalized spacial score (nSPS) is 14.8. The number of carbonyl (C=O) groups excluding carboxylic acids is 1. The second kappa shape index (κ2) is 5.51. The van der Waals surface area contributed by atoms with Crippen molar-refractivity contribution in [2.45, 2.75) is 37.5 Å². The Kier molecular flexibility index (Phi) is 4.16. The van der Waals surface area contributed by atoms with Crippen LogP contribution in [0.3, 0.4) is 0 Å². The lowest BCUT2D eigenvalue weighted by Crippen LogP contribution is -2.27. The first-order valence-corrected chi connectivity index (χ1v) is 8.62. The van der Waals surface area contributed by atoms with Crippen molar-refractivity contribution in [3.05, 3.63) is 23.8 Å². The van der Waals surface area contributed by atoms with E-state index in [4.69, 9.17) is 10.7 Å². The summed E-state index contributed by atoms with van der Waals surface area (Å²) in [7, 11) is 1.57. The number of carbonyl (C=O) groups is 1. The van der Waals surface area contributed by atoms with Gasteiger partial charge < -0.3 is 4.90 Å². The van der Waals surface area contributed by atoms with Crippen LogP contribution in [0.1, 0.15) is 31.7 Å². The third-order valence-corrected chi connectivity index (χ3v) is 4.60. The van der Waals surface area contributed by atoms with Crippen LogP contribution in [0.2, 0.25) is 0 Å². The predicted molar refractivity (Wildman–Crippen MR) is 75.1 cm³/mol. The van der Waals surface area contributed by atoms with Gasteiger partial charge in [0.05, 0.1) is 11.3 Å². The molecule has 0 radical (unpaired) electrons. The minimum atomic E-state index is -3.74. The van der Waals surface area contributed by atoms with E-state index in [1.54, 1.807) is 11.0 Å². The lowest BCUT2D eigenvalue weighted by atomic mass is 10.2. The van der Waals surface area contributed by atoms with E-state index < -0.39 is 9.05 Å². The summed E-state index contributed by atoms with van der Waals surface area (Å²) >= 11 is 0. The largest absolute Gasteiger partial charge is 0.312 e. The lowest BCUT2D eigenvalue weighted by molar-refractivity contribution is -0.117. The van der Waals surface area contributed by atoms with Crippen molar-refractivity contribution >= 4 is 31.3 Å². The molecular weight excluding hydrogens is 286 g/mol. The van der Waals surface area contributed by atoms with Gasteiger partial charge >= 0.3 is 0 Å². The van der Waals surface area contributed by atoms with Gasteiger partial charge in [-0.1, -0.05) is 19.8 Å². The van der Waals surface area contributed by atoms with Gasteiger partial charge in [-0.3, -0.25) is 4.79 Å². The summed E-state index contributed by atoms with van der Waals surface area (Å²) in [6.45, 7) is 2.80. The summed E-state index contributed by atoms with van der Waals surface area (Å²) in [5, 5.41) is 0. The summed E-state index contributed by atoms with van der Waals surface area (Å²) in [6.07, 6.45) is 3.38. The predicted octanol–water partition coefficient (Wildman–Crippen LogP) is 2.69. The number of anilines is 1. The molecule has 0 fully saturated rings. The van der Waals surface area contributed by atoms with Crippen molar-refractivity contribution < 1.29 is 13.2 Å². The fourth-order valence-corrected chi connectivity index (χ4v) is 3.08. The molecule has 0 saturated carbocycles. The van der Waals surface area contributed by atoms with Gasteiger partial charge in [0.2, 0.25) is 5.91 Å². The molecule has 1 amide bonds. The molecule has 1 aromatic carbocycles. The molecule has 0 aliphatic carbocycles. The lowest BCUT2D eigenvalue weighted by Gasteiger charge is -2.17. The summed E-state index contributed by atoms with van der Waals surface area (Å²) in [5.74, 6) is 0.0234. The highest BCUT2D eigenvalue weighted by atomic mass is 35.7. The molecule has 0 unspecified atom stereocenters. The number of nitrogens with zero attached hydrogens (tertiary/aromatic N) is 1. The quantitative estimate of drug-likeness (QED) is 0.620.